The Morgan fingerprint density at radius 2 is 2.20 bits per heavy atom. The number of nitrogens with zero attached hydrogens (tertiary/aromatic N) is 1. The first-order valence-corrected chi connectivity index (χ1v) is 4.70. The lowest BCUT2D eigenvalue weighted by atomic mass is 10.3. The number of hydrogen-bond donors (Lipinski definition) is 1. The molecule has 1 aromatic carbocycles. The van der Waals surface area contributed by atoms with Gasteiger partial charge in [-0.25, -0.2) is 8.60 Å². The lowest BCUT2D eigenvalue weighted by Gasteiger charge is -2.03. The zero-order valence-corrected chi connectivity index (χ0v) is 8.28. The largest absolute Gasteiger partial charge is 0.488 e. The van der Waals surface area contributed by atoms with Crippen molar-refractivity contribution in [3.05, 3.63) is 28.1 Å². The molecule has 1 atom stereocenters. The molecule has 0 saturated carbocycles. The number of nitro benzene ring substituents is 1. The summed E-state index contributed by atoms with van der Waals surface area (Å²) in [5.74, 6) is -1.61. The molecule has 0 amide bonds. The fraction of sp³-hybridized carbons (Fsp3) is 0.143. The first-order valence-electron chi connectivity index (χ1n) is 3.60. The maximum atomic E-state index is 13.2. The summed E-state index contributed by atoms with van der Waals surface area (Å²) in [5, 5.41) is 10.5. The Kier molecular flexibility index (Phi) is 3.32. The molecule has 1 N–H and O–H groups in total. The molecule has 6 nitrogen and oxygen atoms in total. The van der Waals surface area contributed by atoms with E-state index in [9.17, 15) is 18.7 Å². The van der Waals surface area contributed by atoms with E-state index in [1.807, 2.05) is 0 Å². The van der Waals surface area contributed by atoms with E-state index in [4.69, 9.17) is 4.55 Å². The van der Waals surface area contributed by atoms with Crippen molar-refractivity contribution in [2.75, 3.05) is 7.11 Å². The van der Waals surface area contributed by atoms with E-state index in [-0.39, 0.29) is 4.90 Å². The van der Waals surface area contributed by atoms with Crippen LogP contribution < -0.4 is 4.74 Å². The third-order valence-electron chi connectivity index (χ3n) is 1.60. The number of benzene rings is 1. The Hall–Kier alpha value is -1.54. The smallest absolute Gasteiger partial charge is 0.315 e. The van der Waals surface area contributed by atoms with Crippen molar-refractivity contribution in [1.29, 1.82) is 0 Å². The summed E-state index contributed by atoms with van der Waals surface area (Å²) in [7, 11) is 1.07. The van der Waals surface area contributed by atoms with Gasteiger partial charge in [0.2, 0.25) is 5.75 Å². The highest BCUT2D eigenvalue weighted by Crippen LogP contribution is 2.31. The molecule has 0 aliphatic heterocycles. The molecule has 1 rings (SSSR count). The Labute approximate surface area is 86.1 Å². The SMILES string of the molecule is COc1c(F)cc(S(=O)O)cc1[N+](=O)[O-]. The quantitative estimate of drug-likeness (QED) is 0.484. The fourth-order valence-corrected chi connectivity index (χ4v) is 1.41. The zero-order chi connectivity index (χ0) is 11.6. The number of hydrogen-bond acceptors (Lipinski definition) is 4. The molecule has 0 radical (unpaired) electrons. The van der Waals surface area contributed by atoms with Crippen LogP contribution in [0.4, 0.5) is 10.1 Å². The molecule has 0 spiro atoms. The predicted octanol–water partition coefficient (Wildman–Crippen LogP) is 1.32. The highest BCUT2D eigenvalue weighted by atomic mass is 32.2. The molecule has 0 bridgehead atoms. The van der Waals surface area contributed by atoms with Crippen molar-refractivity contribution in [1.82, 2.24) is 0 Å². The van der Waals surface area contributed by atoms with Gasteiger partial charge in [-0.05, 0) is 6.07 Å². The first kappa shape index (κ1) is 11.5. The molecular weight excluding hydrogens is 229 g/mol. The number of nitro groups is 1. The maximum absolute atomic E-state index is 13.2. The van der Waals surface area contributed by atoms with Crippen LogP contribution in [0.1, 0.15) is 0 Å². The van der Waals surface area contributed by atoms with Gasteiger partial charge < -0.3 is 9.29 Å². The van der Waals surface area contributed by atoms with Crippen molar-refractivity contribution in [2.45, 2.75) is 4.90 Å². The minimum Gasteiger partial charge on any atom is -0.488 e. The number of halogens is 1. The van der Waals surface area contributed by atoms with E-state index >= 15 is 0 Å². The van der Waals surface area contributed by atoms with Gasteiger partial charge >= 0.3 is 5.69 Å². The van der Waals surface area contributed by atoms with E-state index in [1.165, 1.54) is 0 Å². The molecule has 1 unspecified atom stereocenters. The predicted molar refractivity (Wildman–Crippen MR) is 48.6 cm³/mol. The minimum absolute atomic E-state index is 0.389. The lowest BCUT2D eigenvalue weighted by Crippen LogP contribution is -1.99. The molecule has 0 saturated heterocycles. The standard InChI is InChI=1S/C7H6FNO5S/c1-14-7-5(8)2-4(15(12)13)3-6(7)9(10)11/h2-3H,1H3,(H,12,13). The van der Waals surface area contributed by atoms with Gasteiger partial charge in [-0.2, -0.15) is 0 Å². The summed E-state index contributed by atoms with van der Waals surface area (Å²) >= 11 is -2.48. The van der Waals surface area contributed by atoms with Gasteiger partial charge in [-0.15, -0.1) is 0 Å². The Balaban J connectivity index is 3.45. The topological polar surface area (TPSA) is 89.7 Å². The number of ether oxygens (including phenoxy) is 1. The minimum atomic E-state index is -2.48. The molecule has 0 fully saturated rings. The monoisotopic (exact) mass is 235 g/mol. The van der Waals surface area contributed by atoms with Gasteiger partial charge in [-0.3, -0.25) is 10.1 Å². The van der Waals surface area contributed by atoms with Crippen molar-refractivity contribution in [3.63, 3.8) is 0 Å². The normalized spacial score (nSPS) is 12.2. The summed E-state index contributed by atoms with van der Waals surface area (Å²) in [6.45, 7) is 0. The molecule has 0 aromatic heterocycles. The second-order valence-electron chi connectivity index (χ2n) is 2.46. The van der Waals surface area contributed by atoms with E-state index in [0.717, 1.165) is 13.2 Å². The van der Waals surface area contributed by atoms with Crippen LogP contribution in [0, 0.1) is 15.9 Å². The second kappa shape index (κ2) is 4.32. The average Bonchev–Trinajstić information content (AvgIpc) is 2.16. The average molecular weight is 235 g/mol. The van der Waals surface area contributed by atoms with Gasteiger partial charge in [0.05, 0.1) is 16.9 Å². The summed E-state index contributed by atoms with van der Waals surface area (Å²) in [5.41, 5.74) is -0.685. The summed E-state index contributed by atoms with van der Waals surface area (Å²) in [6, 6.07) is 1.50. The molecule has 1 aromatic rings. The van der Waals surface area contributed by atoms with Crippen LogP contribution in [0.5, 0.6) is 5.75 Å². The molecule has 15 heavy (non-hydrogen) atoms. The van der Waals surface area contributed by atoms with Gasteiger partial charge in [0.15, 0.2) is 16.9 Å². The summed E-state index contributed by atoms with van der Waals surface area (Å²) < 4.78 is 36.9. The number of methoxy groups -OCH3 is 1. The molecular formula is C7H6FNO5S. The molecule has 0 aliphatic rings. The van der Waals surface area contributed by atoms with E-state index in [2.05, 4.69) is 4.74 Å². The van der Waals surface area contributed by atoms with Crippen LogP contribution in [-0.2, 0) is 11.1 Å². The van der Waals surface area contributed by atoms with Crippen molar-refractivity contribution in [3.8, 4) is 5.75 Å². The van der Waals surface area contributed by atoms with E-state index in [1.54, 1.807) is 0 Å². The van der Waals surface area contributed by atoms with Crippen LogP contribution in [-0.4, -0.2) is 20.8 Å². The first-order chi connectivity index (χ1) is 6.97. The van der Waals surface area contributed by atoms with Crippen molar-refractivity contribution in [2.24, 2.45) is 0 Å². The highest BCUT2D eigenvalue weighted by Gasteiger charge is 2.22. The van der Waals surface area contributed by atoms with E-state index < -0.39 is 33.3 Å². The Morgan fingerprint density at radius 1 is 1.60 bits per heavy atom. The van der Waals surface area contributed by atoms with Crippen LogP contribution in [0.2, 0.25) is 0 Å². The molecule has 0 heterocycles. The van der Waals surface area contributed by atoms with Crippen LogP contribution in [0.25, 0.3) is 0 Å². The van der Waals surface area contributed by atoms with Crippen LogP contribution in [0.3, 0.4) is 0 Å². The Bertz CT molecular complexity index is 436. The third kappa shape index (κ3) is 2.28. The Morgan fingerprint density at radius 3 is 2.60 bits per heavy atom. The molecule has 0 aliphatic carbocycles. The van der Waals surface area contributed by atoms with Gasteiger partial charge in [0.1, 0.15) is 0 Å². The second-order valence-corrected chi connectivity index (χ2v) is 3.43. The van der Waals surface area contributed by atoms with Crippen LogP contribution in [0.15, 0.2) is 17.0 Å². The maximum Gasteiger partial charge on any atom is 0.315 e. The summed E-state index contributed by atoms with van der Waals surface area (Å²) in [4.78, 5) is 9.21. The van der Waals surface area contributed by atoms with Crippen molar-refractivity contribution >= 4 is 16.8 Å². The molecule has 82 valence electrons. The van der Waals surface area contributed by atoms with Crippen molar-refractivity contribution < 1.29 is 22.8 Å². The third-order valence-corrected chi connectivity index (χ3v) is 2.24. The lowest BCUT2D eigenvalue weighted by molar-refractivity contribution is -0.386. The fourth-order valence-electron chi connectivity index (χ4n) is 0.993. The highest BCUT2D eigenvalue weighted by molar-refractivity contribution is 7.79. The van der Waals surface area contributed by atoms with Gasteiger partial charge in [0.25, 0.3) is 0 Å². The van der Waals surface area contributed by atoms with Gasteiger partial charge in [-0.1, -0.05) is 0 Å². The van der Waals surface area contributed by atoms with Crippen LogP contribution >= 0.6 is 0 Å². The number of rotatable bonds is 3. The van der Waals surface area contributed by atoms with Gasteiger partial charge in [0, 0.05) is 6.07 Å². The zero-order valence-electron chi connectivity index (χ0n) is 7.47. The van der Waals surface area contributed by atoms with E-state index in [0.29, 0.717) is 6.07 Å². The summed E-state index contributed by atoms with van der Waals surface area (Å²) in [6.07, 6.45) is 0. The molecule has 8 heteroatoms.